The van der Waals surface area contributed by atoms with Crippen molar-refractivity contribution in [2.75, 3.05) is 19.6 Å². The van der Waals surface area contributed by atoms with Gasteiger partial charge in [-0.3, -0.25) is 0 Å². The summed E-state index contributed by atoms with van der Waals surface area (Å²) < 4.78 is 1.29. The fourth-order valence-corrected chi connectivity index (χ4v) is 4.51. The summed E-state index contributed by atoms with van der Waals surface area (Å²) in [5.74, 6) is 0.867. The van der Waals surface area contributed by atoms with E-state index in [0.29, 0.717) is 6.04 Å². The fourth-order valence-electron chi connectivity index (χ4n) is 3.93. The van der Waals surface area contributed by atoms with Gasteiger partial charge in [-0.2, -0.15) is 0 Å². The second-order valence-electron chi connectivity index (χ2n) is 6.69. The van der Waals surface area contributed by atoms with Crippen molar-refractivity contribution in [2.24, 2.45) is 5.92 Å². The molecular formula is C17H23BrN2. The predicted octanol–water partition coefficient (Wildman–Crippen LogP) is 3.51. The second-order valence-corrected chi connectivity index (χ2v) is 7.54. The number of nitrogens with zero attached hydrogens (tertiary/aromatic N) is 1. The molecule has 1 aliphatic heterocycles. The molecule has 20 heavy (non-hydrogen) atoms. The van der Waals surface area contributed by atoms with E-state index in [9.17, 15) is 0 Å². The Balaban J connectivity index is 1.34. The average Bonchev–Trinajstić information content (AvgIpc) is 3.05. The topological polar surface area (TPSA) is 15.3 Å². The standard InChI is InChI=1S/C17H23BrN2/c18-16-3-1-2-15-14(16)6-7-17(15)19-10-12-8-9-20(11-12)13-4-5-13/h1-3,12-13,17,19H,4-11H2. The Morgan fingerprint density at radius 1 is 1.20 bits per heavy atom. The van der Waals surface area contributed by atoms with Gasteiger partial charge in [0.1, 0.15) is 0 Å². The van der Waals surface area contributed by atoms with E-state index < -0.39 is 0 Å². The number of hydrogen-bond donors (Lipinski definition) is 1. The minimum absolute atomic E-state index is 0.581. The number of hydrogen-bond acceptors (Lipinski definition) is 2. The van der Waals surface area contributed by atoms with E-state index in [1.54, 1.807) is 0 Å². The van der Waals surface area contributed by atoms with Gasteiger partial charge in [0.05, 0.1) is 0 Å². The first kappa shape index (κ1) is 13.3. The lowest BCUT2D eigenvalue weighted by molar-refractivity contribution is 0.309. The Hall–Kier alpha value is -0.380. The molecule has 0 aromatic heterocycles. The molecule has 2 nitrogen and oxygen atoms in total. The summed E-state index contributed by atoms with van der Waals surface area (Å²) in [7, 11) is 0. The number of benzene rings is 1. The third-order valence-corrected chi connectivity index (χ3v) is 5.99. The molecule has 3 aliphatic rings. The summed E-state index contributed by atoms with van der Waals surface area (Å²) in [5.41, 5.74) is 3.05. The summed E-state index contributed by atoms with van der Waals surface area (Å²) in [4.78, 5) is 2.71. The van der Waals surface area contributed by atoms with Crippen molar-refractivity contribution in [3.8, 4) is 0 Å². The van der Waals surface area contributed by atoms with Crippen LogP contribution in [0.4, 0.5) is 0 Å². The molecule has 1 aromatic carbocycles. The molecule has 0 spiro atoms. The molecule has 1 heterocycles. The minimum Gasteiger partial charge on any atom is -0.310 e. The Labute approximate surface area is 130 Å². The number of fused-ring (bicyclic) bond motifs is 1. The Bertz CT molecular complexity index is 498. The number of likely N-dealkylation sites (tertiary alicyclic amines) is 1. The predicted molar refractivity (Wildman–Crippen MR) is 85.9 cm³/mol. The van der Waals surface area contributed by atoms with Crippen LogP contribution in [-0.4, -0.2) is 30.6 Å². The summed E-state index contributed by atoms with van der Waals surface area (Å²) in [6.45, 7) is 3.86. The highest BCUT2D eigenvalue weighted by Crippen LogP contribution is 2.36. The van der Waals surface area contributed by atoms with Crippen LogP contribution < -0.4 is 5.32 Å². The molecule has 0 bridgehead atoms. The smallest absolute Gasteiger partial charge is 0.0326 e. The molecule has 1 aromatic rings. The fraction of sp³-hybridized carbons (Fsp3) is 0.647. The van der Waals surface area contributed by atoms with Gasteiger partial charge in [-0.25, -0.2) is 0 Å². The maximum atomic E-state index is 3.84. The highest BCUT2D eigenvalue weighted by atomic mass is 79.9. The first-order valence-corrected chi connectivity index (χ1v) is 8.85. The van der Waals surface area contributed by atoms with E-state index in [-0.39, 0.29) is 0 Å². The van der Waals surface area contributed by atoms with E-state index in [1.807, 2.05) is 0 Å². The molecule has 2 atom stereocenters. The molecule has 108 valence electrons. The van der Waals surface area contributed by atoms with Gasteiger partial charge in [-0.1, -0.05) is 28.1 Å². The molecular weight excluding hydrogens is 312 g/mol. The molecule has 2 aliphatic carbocycles. The van der Waals surface area contributed by atoms with Crippen LogP contribution in [0.1, 0.15) is 42.9 Å². The van der Waals surface area contributed by atoms with Gasteiger partial charge >= 0.3 is 0 Å². The number of halogens is 1. The summed E-state index contributed by atoms with van der Waals surface area (Å²) in [6.07, 6.45) is 6.76. The van der Waals surface area contributed by atoms with Crippen molar-refractivity contribution < 1.29 is 0 Å². The zero-order valence-electron chi connectivity index (χ0n) is 11.9. The Morgan fingerprint density at radius 2 is 2.10 bits per heavy atom. The Kier molecular flexibility index (Phi) is 3.61. The van der Waals surface area contributed by atoms with Crippen LogP contribution in [0.2, 0.25) is 0 Å². The molecule has 2 fully saturated rings. The van der Waals surface area contributed by atoms with Crippen LogP contribution in [0.3, 0.4) is 0 Å². The van der Waals surface area contributed by atoms with Crippen molar-refractivity contribution >= 4 is 15.9 Å². The lowest BCUT2D eigenvalue weighted by Gasteiger charge is -2.18. The molecule has 1 N–H and O–H groups in total. The lowest BCUT2D eigenvalue weighted by atomic mass is 10.1. The largest absolute Gasteiger partial charge is 0.310 e. The highest BCUT2D eigenvalue weighted by molar-refractivity contribution is 9.10. The third-order valence-electron chi connectivity index (χ3n) is 5.25. The molecule has 0 radical (unpaired) electrons. The maximum absolute atomic E-state index is 3.84. The molecule has 3 heteroatoms. The number of nitrogens with one attached hydrogen (secondary N) is 1. The van der Waals surface area contributed by atoms with Gasteiger partial charge in [-0.05, 0) is 68.3 Å². The van der Waals surface area contributed by atoms with E-state index >= 15 is 0 Å². The monoisotopic (exact) mass is 334 g/mol. The first-order chi connectivity index (χ1) is 9.81. The van der Waals surface area contributed by atoms with E-state index in [1.165, 1.54) is 67.3 Å². The molecule has 2 unspecified atom stereocenters. The van der Waals surface area contributed by atoms with Gasteiger partial charge in [0.25, 0.3) is 0 Å². The zero-order valence-corrected chi connectivity index (χ0v) is 13.5. The molecule has 1 saturated heterocycles. The molecule has 1 saturated carbocycles. The normalized spacial score (nSPS) is 29.9. The van der Waals surface area contributed by atoms with Crippen molar-refractivity contribution in [2.45, 2.75) is 44.2 Å². The summed E-state index contributed by atoms with van der Waals surface area (Å²) in [6, 6.07) is 8.18. The third kappa shape index (κ3) is 2.56. The van der Waals surface area contributed by atoms with E-state index in [2.05, 4.69) is 44.3 Å². The van der Waals surface area contributed by atoms with Crippen LogP contribution in [0.15, 0.2) is 22.7 Å². The highest BCUT2D eigenvalue weighted by Gasteiger charge is 2.34. The SMILES string of the molecule is Brc1cccc2c1CCC2NCC1CCN(C2CC2)C1. The van der Waals surface area contributed by atoms with Crippen molar-refractivity contribution in [1.82, 2.24) is 10.2 Å². The van der Waals surface area contributed by atoms with Gasteiger partial charge in [0, 0.05) is 23.1 Å². The zero-order chi connectivity index (χ0) is 13.5. The summed E-state index contributed by atoms with van der Waals surface area (Å²) >= 11 is 3.69. The van der Waals surface area contributed by atoms with Gasteiger partial charge in [0.15, 0.2) is 0 Å². The number of rotatable bonds is 4. The van der Waals surface area contributed by atoms with Crippen LogP contribution in [0.5, 0.6) is 0 Å². The van der Waals surface area contributed by atoms with E-state index in [4.69, 9.17) is 0 Å². The first-order valence-electron chi connectivity index (χ1n) is 8.06. The van der Waals surface area contributed by atoms with Crippen LogP contribution >= 0.6 is 15.9 Å². The maximum Gasteiger partial charge on any atom is 0.0326 e. The molecule has 0 amide bonds. The van der Waals surface area contributed by atoms with Crippen LogP contribution in [0.25, 0.3) is 0 Å². The second kappa shape index (κ2) is 5.43. The minimum atomic E-state index is 0.581. The van der Waals surface area contributed by atoms with E-state index in [0.717, 1.165) is 12.0 Å². The van der Waals surface area contributed by atoms with Gasteiger partial charge in [0.2, 0.25) is 0 Å². The van der Waals surface area contributed by atoms with Gasteiger partial charge in [-0.15, -0.1) is 0 Å². The van der Waals surface area contributed by atoms with Crippen molar-refractivity contribution in [1.29, 1.82) is 0 Å². The van der Waals surface area contributed by atoms with Crippen molar-refractivity contribution in [3.05, 3.63) is 33.8 Å². The summed E-state index contributed by atoms with van der Waals surface area (Å²) in [5, 5.41) is 3.84. The lowest BCUT2D eigenvalue weighted by Crippen LogP contribution is -2.29. The van der Waals surface area contributed by atoms with Crippen LogP contribution in [0, 0.1) is 5.92 Å². The average molecular weight is 335 g/mol. The van der Waals surface area contributed by atoms with Gasteiger partial charge < -0.3 is 10.2 Å². The van der Waals surface area contributed by atoms with Crippen molar-refractivity contribution in [3.63, 3.8) is 0 Å². The Morgan fingerprint density at radius 3 is 2.95 bits per heavy atom. The molecule has 4 rings (SSSR count). The quantitative estimate of drug-likeness (QED) is 0.906. The van der Waals surface area contributed by atoms with Crippen LogP contribution in [-0.2, 0) is 6.42 Å².